The number of hydrogen-bond acceptors (Lipinski definition) is 7. The first kappa shape index (κ1) is 23.4. The Balaban J connectivity index is 1.37. The van der Waals surface area contributed by atoms with Gasteiger partial charge in [0.1, 0.15) is 0 Å². The van der Waals surface area contributed by atoms with Crippen LogP contribution in [-0.2, 0) is 13.6 Å². The number of thiazole rings is 1. The van der Waals surface area contributed by atoms with Crippen molar-refractivity contribution in [3.05, 3.63) is 52.3 Å². The van der Waals surface area contributed by atoms with Crippen molar-refractivity contribution in [1.82, 2.24) is 14.5 Å². The Kier molecular flexibility index (Phi) is 6.92. The molecule has 1 aromatic carbocycles. The molecule has 1 fully saturated rings. The van der Waals surface area contributed by atoms with Gasteiger partial charge in [0.2, 0.25) is 5.95 Å². The van der Waals surface area contributed by atoms with E-state index in [1.54, 1.807) is 23.9 Å². The molecule has 2 aromatic heterocycles. The molecule has 4 rings (SSSR count). The first-order valence-electron chi connectivity index (χ1n) is 11.0. The van der Waals surface area contributed by atoms with E-state index in [1.165, 1.54) is 17.5 Å². The summed E-state index contributed by atoms with van der Waals surface area (Å²) in [5.41, 5.74) is 1.95. The SMILES string of the molecule is Cc1ccc(NC(=O)Nc2ncc(CNc3nc(C(=O)O)cn3C)s2)c(C(=O)C2CCCC2)c1. The zero-order chi connectivity index (χ0) is 24.2. The monoisotopic (exact) mass is 482 g/mol. The van der Waals surface area contributed by atoms with Crippen LogP contribution in [0.15, 0.2) is 30.6 Å². The second kappa shape index (κ2) is 10.0. The smallest absolute Gasteiger partial charge is 0.356 e. The molecule has 2 amide bonds. The zero-order valence-corrected chi connectivity index (χ0v) is 19.7. The molecule has 0 atom stereocenters. The molecule has 0 aliphatic heterocycles. The van der Waals surface area contributed by atoms with Crippen LogP contribution in [0.4, 0.5) is 21.6 Å². The van der Waals surface area contributed by atoms with E-state index in [2.05, 4.69) is 25.9 Å². The van der Waals surface area contributed by atoms with Crippen molar-refractivity contribution >= 4 is 45.9 Å². The van der Waals surface area contributed by atoms with Gasteiger partial charge < -0.3 is 20.3 Å². The minimum absolute atomic E-state index is 0.0183. The summed E-state index contributed by atoms with van der Waals surface area (Å²) in [6.45, 7) is 2.29. The predicted octanol–water partition coefficient (Wildman–Crippen LogP) is 4.51. The van der Waals surface area contributed by atoms with Crippen LogP contribution in [0.1, 0.15) is 57.0 Å². The van der Waals surface area contributed by atoms with Crippen molar-refractivity contribution in [2.75, 3.05) is 16.0 Å². The van der Waals surface area contributed by atoms with Gasteiger partial charge in [-0.2, -0.15) is 0 Å². The Morgan fingerprint density at radius 1 is 1.21 bits per heavy atom. The van der Waals surface area contributed by atoms with Gasteiger partial charge in [-0.25, -0.2) is 19.6 Å². The maximum absolute atomic E-state index is 13.0. The first-order chi connectivity index (χ1) is 16.3. The third-order valence-corrected chi connectivity index (χ3v) is 6.62. The van der Waals surface area contributed by atoms with Crippen molar-refractivity contribution in [3.63, 3.8) is 0 Å². The van der Waals surface area contributed by atoms with E-state index < -0.39 is 12.0 Å². The van der Waals surface area contributed by atoms with Gasteiger partial charge in [0, 0.05) is 35.8 Å². The average Bonchev–Trinajstić information content (AvgIpc) is 3.55. The highest BCUT2D eigenvalue weighted by atomic mass is 32.1. The van der Waals surface area contributed by atoms with E-state index in [9.17, 15) is 14.4 Å². The highest BCUT2D eigenvalue weighted by Crippen LogP contribution is 2.31. The van der Waals surface area contributed by atoms with Gasteiger partial charge in [-0.15, -0.1) is 0 Å². The number of aryl methyl sites for hydroxylation is 2. The number of imidazole rings is 1. The summed E-state index contributed by atoms with van der Waals surface area (Å²) < 4.78 is 1.59. The third-order valence-electron chi connectivity index (χ3n) is 5.70. The molecule has 0 saturated heterocycles. The number of urea groups is 1. The van der Waals surface area contributed by atoms with Gasteiger partial charge in [-0.1, -0.05) is 35.8 Å². The van der Waals surface area contributed by atoms with E-state index in [4.69, 9.17) is 5.11 Å². The quantitative estimate of drug-likeness (QED) is 0.346. The molecule has 11 heteroatoms. The number of aromatic carboxylic acids is 1. The second-order valence-electron chi connectivity index (χ2n) is 8.32. The lowest BCUT2D eigenvalue weighted by Gasteiger charge is -2.14. The molecule has 0 bridgehead atoms. The average molecular weight is 483 g/mol. The van der Waals surface area contributed by atoms with Crippen molar-refractivity contribution in [1.29, 1.82) is 0 Å². The molecule has 0 spiro atoms. The number of carboxylic acid groups (broad SMARTS) is 1. The minimum Gasteiger partial charge on any atom is -0.476 e. The minimum atomic E-state index is -1.10. The Morgan fingerprint density at radius 2 is 1.97 bits per heavy atom. The molecule has 1 saturated carbocycles. The van der Waals surface area contributed by atoms with E-state index in [0.29, 0.717) is 28.9 Å². The number of aromatic nitrogens is 3. The number of nitrogens with zero attached hydrogens (tertiary/aromatic N) is 3. The number of rotatable bonds is 8. The lowest BCUT2D eigenvalue weighted by Crippen LogP contribution is -2.22. The largest absolute Gasteiger partial charge is 0.476 e. The number of amides is 2. The van der Waals surface area contributed by atoms with Gasteiger partial charge in [0.15, 0.2) is 16.6 Å². The van der Waals surface area contributed by atoms with Crippen LogP contribution >= 0.6 is 11.3 Å². The molecular formula is C23H26N6O4S. The molecule has 34 heavy (non-hydrogen) atoms. The fraction of sp³-hybridized carbons (Fsp3) is 0.348. The zero-order valence-electron chi connectivity index (χ0n) is 18.9. The summed E-state index contributed by atoms with van der Waals surface area (Å²) >= 11 is 1.28. The Bertz CT molecular complexity index is 1230. The molecule has 0 radical (unpaired) electrons. The van der Waals surface area contributed by atoms with Crippen LogP contribution in [0.25, 0.3) is 0 Å². The molecule has 4 N–H and O–H groups in total. The van der Waals surface area contributed by atoms with Crippen LogP contribution in [0.3, 0.4) is 0 Å². The van der Waals surface area contributed by atoms with E-state index in [1.807, 2.05) is 19.1 Å². The van der Waals surface area contributed by atoms with E-state index in [0.717, 1.165) is 36.1 Å². The molecule has 1 aliphatic rings. The number of Topliss-reactive ketones (excluding diaryl/α,β-unsaturated/α-hetero) is 1. The second-order valence-corrected chi connectivity index (χ2v) is 9.44. The van der Waals surface area contributed by atoms with Crippen molar-refractivity contribution < 1.29 is 19.5 Å². The standard InChI is InChI=1S/C23H26N6O4S/c1-13-7-8-17(16(9-13)19(30)14-5-3-4-6-14)27-22(33)28-23-25-11-15(34-23)10-24-21-26-18(20(31)32)12-29(21)2/h7-9,11-12,14H,3-6,10H2,1-2H3,(H,24,26)(H,31,32)(H2,25,27,28,33). The van der Waals surface area contributed by atoms with Crippen LogP contribution in [0, 0.1) is 12.8 Å². The lowest BCUT2D eigenvalue weighted by atomic mass is 9.94. The van der Waals surface area contributed by atoms with E-state index >= 15 is 0 Å². The Hall–Kier alpha value is -3.73. The van der Waals surface area contributed by atoms with Gasteiger partial charge in [0.25, 0.3) is 0 Å². The number of ketones is 1. The summed E-state index contributed by atoms with van der Waals surface area (Å²) in [7, 11) is 1.70. The summed E-state index contributed by atoms with van der Waals surface area (Å²) in [6, 6.07) is 4.97. The third kappa shape index (κ3) is 5.42. The van der Waals surface area contributed by atoms with Crippen molar-refractivity contribution in [2.45, 2.75) is 39.2 Å². The number of nitrogens with one attached hydrogen (secondary N) is 3. The molecule has 2 heterocycles. The van der Waals surface area contributed by atoms with Gasteiger partial charge >= 0.3 is 12.0 Å². The maximum atomic E-state index is 13.0. The number of anilines is 3. The fourth-order valence-electron chi connectivity index (χ4n) is 3.98. The fourth-order valence-corrected chi connectivity index (χ4v) is 4.72. The summed E-state index contributed by atoms with van der Waals surface area (Å²) in [6.07, 6.45) is 6.95. The van der Waals surface area contributed by atoms with Crippen LogP contribution in [-0.4, -0.2) is 37.4 Å². The van der Waals surface area contributed by atoms with Gasteiger partial charge in [-0.05, 0) is 31.9 Å². The topological polar surface area (TPSA) is 138 Å². The Morgan fingerprint density at radius 3 is 2.68 bits per heavy atom. The molecule has 1 aliphatic carbocycles. The molecular weight excluding hydrogens is 456 g/mol. The van der Waals surface area contributed by atoms with Crippen LogP contribution in [0.2, 0.25) is 0 Å². The number of hydrogen-bond donors (Lipinski definition) is 4. The molecule has 3 aromatic rings. The Labute approximate surface area is 200 Å². The lowest BCUT2D eigenvalue weighted by molar-refractivity contribution is 0.0690. The highest BCUT2D eigenvalue weighted by Gasteiger charge is 2.26. The predicted molar refractivity (Wildman–Crippen MR) is 130 cm³/mol. The molecule has 178 valence electrons. The normalized spacial score (nSPS) is 13.6. The van der Waals surface area contributed by atoms with E-state index in [-0.39, 0.29) is 17.4 Å². The van der Waals surface area contributed by atoms with Crippen molar-refractivity contribution in [3.8, 4) is 0 Å². The first-order valence-corrected chi connectivity index (χ1v) is 11.8. The van der Waals surface area contributed by atoms with Crippen LogP contribution in [0.5, 0.6) is 0 Å². The molecule has 0 unspecified atom stereocenters. The number of carbonyl (C=O) groups excluding carboxylic acids is 2. The molecule has 10 nitrogen and oxygen atoms in total. The number of carboxylic acids is 1. The summed E-state index contributed by atoms with van der Waals surface area (Å²) in [5.74, 6) is -0.582. The van der Waals surface area contributed by atoms with Gasteiger partial charge in [-0.3, -0.25) is 10.1 Å². The van der Waals surface area contributed by atoms with Gasteiger partial charge in [0.05, 0.1) is 12.2 Å². The summed E-state index contributed by atoms with van der Waals surface area (Å²) in [5, 5.41) is 18.0. The van der Waals surface area contributed by atoms with Crippen molar-refractivity contribution in [2.24, 2.45) is 13.0 Å². The number of benzene rings is 1. The summed E-state index contributed by atoms with van der Waals surface area (Å²) in [4.78, 5) is 45.7. The van der Waals surface area contributed by atoms with Crippen LogP contribution < -0.4 is 16.0 Å². The maximum Gasteiger partial charge on any atom is 0.356 e. The highest BCUT2D eigenvalue weighted by molar-refractivity contribution is 7.15. The number of carbonyl (C=O) groups is 3.